The summed E-state index contributed by atoms with van der Waals surface area (Å²) in [5.74, 6) is 0.615. The number of rotatable bonds is 4. The number of aromatic nitrogens is 2. The van der Waals surface area contributed by atoms with Crippen molar-refractivity contribution in [1.82, 2.24) is 10.2 Å². The fourth-order valence-corrected chi connectivity index (χ4v) is 2.28. The first-order valence-electron chi connectivity index (χ1n) is 4.76. The Hall–Kier alpha value is -1.04. The largest absolute Gasteiger partial charge is 0.486 e. The van der Waals surface area contributed by atoms with Crippen molar-refractivity contribution in [2.24, 2.45) is 0 Å². The highest BCUT2D eigenvalue weighted by atomic mass is 35.5. The monoisotopic (exact) mass is 289 g/mol. The van der Waals surface area contributed by atoms with Crippen molar-refractivity contribution < 1.29 is 4.74 Å². The summed E-state index contributed by atoms with van der Waals surface area (Å²) < 4.78 is 5.52. The lowest BCUT2D eigenvalue weighted by Crippen LogP contribution is -1.94. The van der Waals surface area contributed by atoms with E-state index in [1.807, 2.05) is 0 Å². The minimum absolute atomic E-state index is 0.343. The summed E-state index contributed by atoms with van der Waals surface area (Å²) in [5, 5.41) is 13.4. The van der Waals surface area contributed by atoms with Crippen LogP contribution in [0.4, 0.5) is 5.13 Å². The van der Waals surface area contributed by atoms with Gasteiger partial charge in [0.05, 0.1) is 0 Å². The van der Waals surface area contributed by atoms with Gasteiger partial charge in [-0.05, 0) is 18.2 Å². The van der Waals surface area contributed by atoms with Crippen LogP contribution in [-0.2, 0) is 6.61 Å². The Labute approximate surface area is 113 Å². The molecule has 1 N–H and O–H groups in total. The van der Waals surface area contributed by atoms with Crippen LogP contribution in [0, 0.1) is 0 Å². The number of ether oxygens (including phenoxy) is 1. The van der Waals surface area contributed by atoms with Crippen molar-refractivity contribution in [2.45, 2.75) is 6.61 Å². The molecule has 1 aromatic carbocycles. The molecule has 0 unspecified atom stereocenters. The molecule has 0 bridgehead atoms. The van der Waals surface area contributed by atoms with Crippen molar-refractivity contribution in [3.05, 3.63) is 33.3 Å². The number of halogens is 2. The minimum Gasteiger partial charge on any atom is -0.486 e. The lowest BCUT2D eigenvalue weighted by Gasteiger charge is -2.04. The molecule has 0 saturated carbocycles. The second kappa shape index (κ2) is 5.53. The molecule has 90 valence electrons. The van der Waals surface area contributed by atoms with Gasteiger partial charge in [0.2, 0.25) is 5.13 Å². The fraction of sp³-hybridized carbons (Fsp3) is 0.200. The van der Waals surface area contributed by atoms with E-state index in [9.17, 15) is 0 Å². The molecule has 7 heteroatoms. The summed E-state index contributed by atoms with van der Waals surface area (Å²) in [5.41, 5.74) is 0. The molecule has 0 aliphatic heterocycles. The number of hydrogen-bond donors (Lipinski definition) is 1. The number of nitrogens with one attached hydrogen (secondary N) is 1. The van der Waals surface area contributed by atoms with Crippen LogP contribution in [-0.4, -0.2) is 17.2 Å². The molecular weight excluding hydrogens is 281 g/mol. The summed E-state index contributed by atoms with van der Waals surface area (Å²) in [6.07, 6.45) is 0. The van der Waals surface area contributed by atoms with Crippen LogP contribution in [0.1, 0.15) is 5.01 Å². The molecule has 4 nitrogen and oxygen atoms in total. The standard InChI is InChI=1S/C10H9Cl2N3OS/c1-13-10-15-14-9(17-10)5-16-8-3-6(11)2-7(12)4-8/h2-4H,5H2,1H3,(H,13,15). The van der Waals surface area contributed by atoms with Crippen molar-refractivity contribution in [3.63, 3.8) is 0 Å². The molecule has 0 fully saturated rings. The molecule has 0 atom stereocenters. The third-order valence-corrected chi connectivity index (χ3v) is 3.23. The van der Waals surface area contributed by atoms with E-state index in [1.54, 1.807) is 25.2 Å². The molecular formula is C10H9Cl2N3OS. The predicted molar refractivity (Wildman–Crippen MR) is 70.2 cm³/mol. The minimum atomic E-state index is 0.343. The molecule has 0 amide bonds. The van der Waals surface area contributed by atoms with Crippen LogP contribution in [0.5, 0.6) is 5.75 Å². The normalized spacial score (nSPS) is 10.3. The van der Waals surface area contributed by atoms with Crippen molar-refractivity contribution >= 4 is 39.7 Å². The molecule has 0 radical (unpaired) electrons. The van der Waals surface area contributed by atoms with E-state index in [0.29, 0.717) is 22.4 Å². The maximum absolute atomic E-state index is 5.86. The van der Waals surface area contributed by atoms with Crippen LogP contribution in [0.25, 0.3) is 0 Å². The average molecular weight is 290 g/mol. The Morgan fingerprint density at radius 2 is 1.94 bits per heavy atom. The van der Waals surface area contributed by atoms with Crippen LogP contribution >= 0.6 is 34.5 Å². The van der Waals surface area contributed by atoms with Gasteiger partial charge < -0.3 is 10.1 Å². The van der Waals surface area contributed by atoms with E-state index in [-0.39, 0.29) is 0 Å². The van der Waals surface area contributed by atoms with Gasteiger partial charge in [0.1, 0.15) is 12.4 Å². The third-order valence-electron chi connectivity index (χ3n) is 1.88. The van der Waals surface area contributed by atoms with E-state index in [0.717, 1.165) is 10.1 Å². The number of benzene rings is 1. The van der Waals surface area contributed by atoms with E-state index in [2.05, 4.69) is 15.5 Å². The molecule has 2 rings (SSSR count). The number of hydrogen-bond acceptors (Lipinski definition) is 5. The summed E-state index contributed by atoms with van der Waals surface area (Å²) >= 11 is 13.2. The first kappa shape index (κ1) is 12.4. The van der Waals surface area contributed by atoms with Gasteiger partial charge in [-0.1, -0.05) is 34.5 Å². The van der Waals surface area contributed by atoms with Crippen molar-refractivity contribution in [3.8, 4) is 5.75 Å². The van der Waals surface area contributed by atoms with E-state index in [4.69, 9.17) is 27.9 Å². The van der Waals surface area contributed by atoms with Crippen molar-refractivity contribution in [2.75, 3.05) is 12.4 Å². The highest BCUT2D eigenvalue weighted by molar-refractivity contribution is 7.15. The number of nitrogens with zero attached hydrogens (tertiary/aromatic N) is 2. The predicted octanol–water partition coefficient (Wildman–Crippen LogP) is 3.47. The summed E-state index contributed by atoms with van der Waals surface area (Å²) in [6.45, 7) is 0.343. The van der Waals surface area contributed by atoms with E-state index < -0.39 is 0 Å². The zero-order valence-electron chi connectivity index (χ0n) is 8.91. The van der Waals surface area contributed by atoms with Crippen LogP contribution in [0.2, 0.25) is 10.0 Å². The van der Waals surface area contributed by atoms with Gasteiger partial charge in [-0.2, -0.15) is 0 Å². The third kappa shape index (κ3) is 3.46. The average Bonchev–Trinajstić information content (AvgIpc) is 2.73. The van der Waals surface area contributed by atoms with Gasteiger partial charge in [-0.3, -0.25) is 0 Å². The summed E-state index contributed by atoms with van der Waals surface area (Å²) in [7, 11) is 1.79. The van der Waals surface area contributed by atoms with Crippen LogP contribution in [0.3, 0.4) is 0 Å². The van der Waals surface area contributed by atoms with Gasteiger partial charge in [-0.15, -0.1) is 10.2 Å². The summed E-state index contributed by atoms with van der Waals surface area (Å²) in [4.78, 5) is 0. The molecule has 2 aromatic rings. The number of anilines is 1. The second-order valence-corrected chi connectivity index (χ2v) is 5.08. The SMILES string of the molecule is CNc1nnc(COc2cc(Cl)cc(Cl)c2)s1. The quantitative estimate of drug-likeness (QED) is 0.936. The van der Waals surface area contributed by atoms with E-state index in [1.165, 1.54) is 11.3 Å². The molecule has 0 aliphatic carbocycles. The maximum atomic E-state index is 5.86. The second-order valence-electron chi connectivity index (χ2n) is 3.14. The lowest BCUT2D eigenvalue weighted by atomic mass is 10.3. The topological polar surface area (TPSA) is 47.0 Å². The highest BCUT2D eigenvalue weighted by Gasteiger charge is 2.04. The van der Waals surface area contributed by atoms with Gasteiger partial charge in [0, 0.05) is 17.1 Å². The van der Waals surface area contributed by atoms with Crippen LogP contribution < -0.4 is 10.1 Å². The molecule has 17 heavy (non-hydrogen) atoms. The van der Waals surface area contributed by atoms with Crippen LogP contribution in [0.15, 0.2) is 18.2 Å². The lowest BCUT2D eigenvalue weighted by molar-refractivity contribution is 0.304. The maximum Gasteiger partial charge on any atom is 0.205 e. The Kier molecular flexibility index (Phi) is 4.04. The molecule has 0 spiro atoms. The van der Waals surface area contributed by atoms with Gasteiger partial charge in [0.15, 0.2) is 5.01 Å². The van der Waals surface area contributed by atoms with Gasteiger partial charge in [-0.25, -0.2) is 0 Å². The first-order chi connectivity index (χ1) is 8.17. The van der Waals surface area contributed by atoms with E-state index >= 15 is 0 Å². The Balaban J connectivity index is 2.01. The van der Waals surface area contributed by atoms with Gasteiger partial charge in [0.25, 0.3) is 0 Å². The fourth-order valence-electron chi connectivity index (χ4n) is 1.17. The summed E-state index contributed by atoms with van der Waals surface area (Å²) in [6, 6.07) is 5.06. The first-order valence-corrected chi connectivity index (χ1v) is 6.33. The smallest absolute Gasteiger partial charge is 0.205 e. The highest BCUT2D eigenvalue weighted by Crippen LogP contribution is 2.25. The Morgan fingerprint density at radius 3 is 2.53 bits per heavy atom. The Morgan fingerprint density at radius 1 is 1.24 bits per heavy atom. The Bertz CT molecular complexity index is 498. The molecule has 0 saturated heterocycles. The molecule has 1 heterocycles. The molecule has 1 aromatic heterocycles. The zero-order valence-corrected chi connectivity index (χ0v) is 11.2. The van der Waals surface area contributed by atoms with Crippen molar-refractivity contribution in [1.29, 1.82) is 0 Å². The van der Waals surface area contributed by atoms with Gasteiger partial charge >= 0.3 is 0 Å². The zero-order chi connectivity index (χ0) is 12.3. The molecule has 0 aliphatic rings.